The average Bonchev–Trinajstić information content (AvgIpc) is 3.32. The Balaban J connectivity index is 1.42. The number of nitrogens with one attached hydrogen (secondary N) is 1. The van der Waals surface area contributed by atoms with E-state index < -0.39 is 5.82 Å². The number of nitrogens with zero attached hydrogens (tertiary/aromatic N) is 6. The van der Waals surface area contributed by atoms with Gasteiger partial charge in [0.1, 0.15) is 5.69 Å². The maximum Gasteiger partial charge on any atom is 0.270 e. The lowest BCUT2D eigenvalue weighted by molar-refractivity contribution is 0.0945. The Morgan fingerprint density at radius 2 is 2.06 bits per heavy atom. The molecule has 1 amide bonds. The average molecular weight is 464 g/mol. The summed E-state index contributed by atoms with van der Waals surface area (Å²) in [5, 5.41) is 24.7. The lowest BCUT2D eigenvalue weighted by Gasteiger charge is -2.23. The number of ether oxygens (including phenoxy) is 1. The van der Waals surface area contributed by atoms with Gasteiger partial charge in [-0.25, -0.2) is 9.37 Å². The van der Waals surface area contributed by atoms with Gasteiger partial charge in [0.2, 0.25) is 5.82 Å². The minimum atomic E-state index is -0.460. The van der Waals surface area contributed by atoms with Crippen molar-refractivity contribution in [1.82, 2.24) is 30.5 Å². The summed E-state index contributed by atoms with van der Waals surface area (Å²) in [4.78, 5) is 18.6. The molecule has 3 aromatic rings. The van der Waals surface area contributed by atoms with E-state index in [1.807, 2.05) is 0 Å². The van der Waals surface area contributed by atoms with Crippen molar-refractivity contribution in [3.05, 3.63) is 53.1 Å². The molecular formula is C24H26FN7O2. The van der Waals surface area contributed by atoms with Crippen molar-refractivity contribution in [1.29, 1.82) is 5.26 Å². The van der Waals surface area contributed by atoms with Crippen molar-refractivity contribution in [3.8, 4) is 23.2 Å². The lowest BCUT2D eigenvalue weighted by Crippen LogP contribution is -2.24. The molecule has 176 valence electrons. The van der Waals surface area contributed by atoms with Gasteiger partial charge in [0.05, 0.1) is 19.7 Å². The molecule has 0 atom stereocenters. The van der Waals surface area contributed by atoms with Crippen molar-refractivity contribution in [3.63, 3.8) is 0 Å². The normalized spacial score (nSPS) is 17.7. The molecule has 1 aromatic carbocycles. The number of benzene rings is 1. The number of pyridine rings is 1. The predicted molar refractivity (Wildman–Crippen MR) is 121 cm³/mol. The second-order valence-electron chi connectivity index (χ2n) is 8.55. The molecule has 0 aliphatic heterocycles. The second-order valence-corrected chi connectivity index (χ2v) is 8.55. The minimum absolute atomic E-state index is 0.120. The molecule has 0 bridgehead atoms. The molecule has 0 radical (unpaired) electrons. The SMILES string of the molecule is COc1cc(CNC(=O)c2cc(-c3nnn(CC4CCC(C#N)CC4)n3)cc(C)n2)ccc1F. The fourth-order valence-electron chi connectivity index (χ4n) is 4.14. The van der Waals surface area contributed by atoms with Crippen LogP contribution in [0.3, 0.4) is 0 Å². The first kappa shape index (κ1) is 23.3. The van der Waals surface area contributed by atoms with Gasteiger partial charge in [-0.2, -0.15) is 10.1 Å². The Hall–Kier alpha value is -3.87. The van der Waals surface area contributed by atoms with E-state index in [2.05, 4.69) is 31.8 Å². The molecule has 1 saturated carbocycles. The van der Waals surface area contributed by atoms with Gasteiger partial charge in [0.15, 0.2) is 11.6 Å². The monoisotopic (exact) mass is 463 g/mol. The number of hydrogen-bond donors (Lipinski definition) is 1. The molecule has 4 rings (SSSR count). The number of halogens is 1. The van der Waals surface area contributed by atoms with Crippen LogP contribution in [0.2, 0.25) is 0 Å². The maximum absolute atomic E-state index is 13.6. The summed E-state index contributed by atoms with van der Waals surface area (Å²) >= 11 is 0. The van der Waals surface area contributed by atoms with Crippen LogP contribution >= 0.6 is 0 Å². The van der Waals surface area contributed by atoms with Crippen LogP contribution in [0, 0.1) is 35.9 Å². The first-order chi connectivity index (χ1) is 16.4. The highest BCUT2D eigenvalue weighted by molar-refractivity contribution is 5.93. The molecule has 2 heterocycles. The number of carbonyl (C=O) groups excluding carboxylic acids is 1. The van der Waals surface area contributed by atoms with Gasteiger partial charge in [-0.05, 0) is 73.6 Å². The van der Waals surface area contributed by atoms with Crippen LogP contribution in [0.5, 0.6) is 5.75 Å². The molecule has 0 spiro atoms. The van der Waals surface area contributed by atoms with Crippen LogP contribution in [-0.2, 0) is 13.1 Å². The number of rotatable bonds is 7. The molecule has 0 unspecified atom stereocenters. The number of tetrazole rings is 1. The number of hydrogen-bond acceptors (Lipinski definition) is 7. The Morgan fingerprint density at radius 1 is 1.26 bits per heavy atom. The largest absolute Gasteiger partial charge is 0.494 e. The first-order valence-electron chi connectivity index (χ1n) is 11.2. The second kappa shape index (κ2) is 10.4. The number of aromatic nitrogens is 5. The van der Waals surface area contributed by atoms with Gasteiger partial charge in [-0.3, -0.25) is 4.79 Å². The standard InChI is InChI=1S/C24H26FN7O2/c1-15-9-19(23-29-31-32(30-23)14-17-5-3-16(12-26)4-6-17)11-21(28-15)24(33)27-13-18-7-8-20(25)22(10-18)34-2/h7-11,16-17H,3-6,13-14H2,1-2H3,(H,27,33). The zero-order valence-electron chi connectivity index (χ0n) is 19.2. The number of carbonyl (C=O) groups is 1. The van der Waals surface area contributed by atoms with Crippen LogP contribution in [0.15, 0.2) is 30.3 Å². The highest BCUT2D eigenvalue weighted by Gasteiger charge is 2.22. The lowest BCUT2D eigenvalue weighted by atomic mass is 9.83. The molecule has 1 fully saturated rings. The van der Waals surface area contributed by atoms with Crippen molar-refractivity contribution < 1.29 is 13.9 Å². The predicted octanol–water partition coefficient (Wildman–Crippen LogP) is 3.45. The molecule has 10 heteroatoms. The van der Waals surface area contributed by atoms with Gasteiger partial charge in [-0.15, -0.1) is 10.2 Å². The summed E-state index contributed by atoms with van der Waals surface area (Å²) in [7, 11) is 1.39. The molecule has 1 N–H and O–H groups in total. The van der Waals surface area contributed by atoms with Crippen molar-refractivity contribution in [2.24, 2.45) is 11.8 Å². The van der Waals surface area contributed by atoms with Gasteiger partial charge in [0.25, 0.3) is 5.91 Å². The highest BCUT2D eigenvalue weighted by atomic mass is 19.1. The topological polar surface area (TPSA) is 119 Å². The Bertz CT molecular complexity index is 1210. The van der Waals surface area contributed by atoms with Crippen LogP contribution in [0.4, 0.5) is 4.39 Å². The molecule has 1 aliphatic carbocycles. The van der Waals surface area contributed by atoms with Crippen molar-refractivity contribution in [2.75, 3.05) is 7.11 Å². The number of methoxy groups -OCH3 is 1. The van der Waals surface area contributed by atoms with E-state index in [1.54, 1.807) is 36.0 Å². The van der Waals surface area contributed by atoms with E-state index in [0.29, 0.717) is 35.1 Å². The summed E-state index contributed by atoms with van der Waals surface area (Å²) in [6, 6.07) is 10.2. The summed E-state index contributed by atoms with van der Waals surface area (Å²) in [5.41, 5.74) is 2.24. The smallest absolute Gasteiger partial charge is 0.270 e. The zero-order valence-corrected chi connectivity index (χ0v) is 19.2. The van der Waals surface area contributed by atoms with E-state index in [4.69, 9.17) is 10.00 Å². The van der Waals surface area contributed by atoms with Crippen LogP contribution < -0.4 is 10.1 Å². The first-order valence-corrected chi connectivity index (χ1v) is 11.2. The molecule has 9 nitrogen and oxygen atoms in total. The van der Waals surface area contributed by atoms with Gasteiger partial charge in [0, 0.05) is 23.7 Å². The Morgan fingerprint density at radius 3 is 2.79 bits per heavy atom. The fourth-order valence-corrected chi connectivity index (χ4v) is 4.14. The fraction of sp³-hybridized carbons (Fsp3) is 0.417. The van der Waals surface area contributed by atoms with Crippen LogP contribution in [0.1, 0.15) is 47.4 Å². The maximum atomic E-state index is 13.6. The Kier molecular flexibility index (Phi) is 7.11. The minimum Gasteiger partial charge on any atom is -0.494 e. The van der Waals surface area contributed by atoms with Crippen molar-refractivity contribution >= 4 is 5.91 Å². The highest BCUT2D eigenvalue weighted by Crippen LogP contribution is 2.29. The third-order valence-electron chi connectivity index (χ3n) is 6.02. The third kappa shape index (κ3) is 5.54. The van der Waals surface area contributed by atoms with E-state index in [-0.39, 0.29) is 29.8 Å². The van der Waals surface area contributed by atoms with Gasteiger partial charge >= 0.3 is 0 Å². The number of aryl methyl sites for hydroxylation is 1. The summed E-state index contributed by atoms with van der Waals surface area (Å²) in [6.45, 7) is 2.65. The Labute approximate surface area is 197 Å². The molecule has 0 saturated heterocycles. The third-order valence-corrected chi connectivity index (χ3v) is 6.02. The van der Waals surface area contributed by atoms with E-state index in [9.17, 15) is 9.18 Å². The van der Waals surface area contributed by atoms with Crippen LogP contribution in [-0.4, -0.2) is 38.2 Å². The van der Waals surface area contributed by atoms with E-state index in [0.717, 1.165) is 25.7 Å². The summed E-state index contributed by atoms with van der Waals surface area (Å²) < 4.78 is 18.6. The molecule has 1 aliphatic rings. The quantitative estimate of drug-likeness (QED) is 0.570. The van der Waals surface area contributed by atoms with Crippen LogP contribution in [0.25, 0.3) is 11.4 Å². The van der Waals surface area contributed by atoms with Gasteiger partial charge in [-0.1, -0.05) is 6.07 Å². The number of nitriles is 1. The number of amides is 1. The molecule has 34 heavy (non-hydrogen) atoms. The zero-order chi connectivity index (χ0) is 24.1. The van der Waals surface area contributed by atoms with Gasteiger partial charge < -0.3 is 10.1 Å². The van der Waals surface area contributed by atoms with E-state index in [1.165, 1.54) is 13.2 Å². The summed E-state index contributed by atoms with van der Waals surface area (Å²) in [5.74, 6) is 0.304. The molecular weight excluding hydrogens is 437 g/mol. The molecule has 2 aromatic heterocycles. The summed E-state index contributed by atoms with van der Waals surface area (Å²) in [6.07, 6.45) is 3.78. The van der Waals surface area contributed by atoms with Crippen molar-refractivity contribution in [2.45, 2.75) is 45.7 Å². The van der Waals surface area contributed by atoms with E-state index >= 15 is 0 Å².